The largest absolute Gasteiger partial charge is 0.306 e. The predicted molar refractivity (Wildman–Crippen MR) is 58.6 cm³/mol. The molecule has 76 valence electrons. The van der Waals surface area contributed by atoms with E-state index in [9.17, 15) is 0 Å². The summed E-state index contributed by atoms with van der Waals surface area (Å²) >= 11 is 0. The molecular weight excluding hydrogens is 146 g/mol. The smallest absolute Gasteiger partial charge is 0.00294 e. The summed E-state index contributed by atoms with van der Waals surface area (Å²) in [6.45, 7) is 15.5. The molecule has 0 spiro atoms. The van der Waals surface area contributed by atoms with Crippen LogP contribution in [-0.4, -0.2) is 25.0 Å². The highest BCUT2D eigenvalue weighted by molar-refractivity contribution is 4.69. The molecule has 0 aromatic rings. The zero-order chi connectivity index (χ0) is 10.2. The fourth-order valence-corrected chi connectivity index (χ4v) is 0.954. The van der Waals surface area contributed by atoms with Crippen LogP contribution in [0.15, 0.2) is 0 Å². The summed E-state index contributed by atoms with van der Waals surface area (Å²) < 4.78 is 0. The first-order valence-electron chi connectivity index (χ1n) is 5.20. The van der Waals surface area contributed by atoms with Gasteiger partial charge in [0.25, 0.3) is 0 Å². The van der Waals surface area contributed by atoms with Gasteiger partial charge in [-0.05, 0) is 25.4 Å². The molecule has 0 heterocycles. The van der Waals surface area contributed by atoms with Crippen molar-refractivity contribution in [2.75, 3.05) is 20.1 Å². The Morgan fingerprint density at radius 3 is 1.75 bits per heavy atom. The van der Waals surface area contributed by atoms with Crippen molar-refractivity contribution in [3.63, 3.8) is 0 Å². The monoisotopic (exact) mass is 173 g/mol. The van der Waals surface area contributed by atoms with Crippen molar-refractivity contribution in [1.29, 1.82) is 0 Å². The highest BCUT2D eigenvalue weighted by Crippen LogP contribution is 2.19. The lowest BCUT2D eigenvalue weighted by molar-refractivity contribution is 0.211. The second kappa shape index (κ2) is 7.60. The van der Waals surface area contributed by atoms with Crippen molar-refractivity contribution in [2.24, 2.45) is 5.41 Å². The predicted octanol–water partition coefficient (Wildman–Crippen LogP) is 3.40. The van der Waals surface area contributed by atoms with E-state index in [-0.39, 0.29) is 0 Å². The normalized spacial score (nSPS) is 11.0. The van der Waals surface area contributed by atoms with Gasteiger partial charge in [0.05, 0.1) is 0 Å². The molecule has 0 aliphatic rings. The number of rotatable bonds is 4. The molecule has 0 amide bonds. The van der Waals surface area contributed by atoms with Gasteiger partial charge in [0, 0.05) is 6.54 Å². The molecular formula is C11H27N. The molecule has 1 heteroatoms. The zero-order valence-electron chi connectivity index (χ0n) is 10.1. The number of hydrogen-bond donors (Lipinski definition) is 0. The molecule has 0 aliphatic carbocycles. The van der Waals surface area contributed by atoms with Crippen LogP contribution in [0.5, 0.6) is 0 Å². The lowest BCUT2D eigenvalue weighted by Crippen LogP contribution is -2.30. The summed E-state index contributed by atoms with van der Waals surface area (Å²) in [6.07, 6.45) is 1.26. The van der Waals surface area contributed by atoms with Gasteiger partial charge in [0.2, 0.25) is 0 Å². The van der Waals surface area contributed by atoms with Gasteiger partial charge in [-0.3, -0.25) is 0 Å². The second-order valence-electron chi connectivity index (χ2n) is 3.85. The molecule has 0 N–H and O–H groups in total. The average molecular weight is 173 g/mol. The van der Waals surface area contributed by atoms with E-state index in [1.54, 1.807) is 0 Å². The third-order valence-corrected chi connectivity index (χ3v) is 2.19. The van der Waals surface area contributed by atoms with Crippen molar-refractivity contribution in [3.05, 3.63) is 0 Å². The minimum absolute atomic E-state index is 0.491. The summed E-state index contributed by atoms with van der Waals surface area (Å²) in [7, 11) is 2.18. The maximum Gasteiger partial charge on any atom is 0.00294 e. The van der Waals surface area contributed by atoms with Crippen LogP contribution in [0.3, 0.4) is 0 Å². The zero-order valence-corrected chi connectivity index (χ0v) is 10.1. The van der Waals surface area contributed by atoms with E-state index < -0.39 is 0 Å². The van der Waals surface area contributed by atoms with Crippen LogP contribution in [0, 0.1) is 5.41 Å². The average Bonchev–Trinajstić information content (AvgIpc) is 2.07. The third kappa shape index (κ3) is 8.06. The van der Waals surface area contributed by atoms with Crippen LogP contribution in [0.2, 0.25) is 0 Å². The van der Waals surface area contributed by atoms with Crippen LogP contribution in [-0.2, 0) is 0 Å². The van der Waals surface area contributed by atoms with Crippen molar-refractivity contribution >= 4 is 0 Å². The SMILES string of the molecule is CC.CCN(C)CC(C)(C)CC. The molecule has 0 atom stereocenters. The topological polar surface area (TPSA) is 3.24 Å². The van der Waals surface area contributed by atoms with E-state index in [0.717, 1.165) is 6.54 Å². The van der Waals surface area contributed by atoms with Gasteiger partial charge in [0.15, 0.2) is 0 Å². The first-order chi connectivity index (χ1) is 5.52. The van der Waals surface area contributed by atoms with Gasteiger partial charge in [-0.2, -0.15) is 0 Å². The fraction of sp³-hybridized carbons (Fsp3) is 1.00. The lowest BCUT2D eigenvalue weighted by Gasteiger charge is -2.28. The van der Waals surface area contributed by atoms with Crippen molar-refractivity contribution in [3.8, 4) is 0 Å². The first kappa shape index (κ1) is 14.5. The molecule has 0 saturated carbocycles. The molecule has 12 heavy (non-hydrogen) atoms. The first-order valence-corrected chi connectivity index (χ1v) is 5.20. The van der Waals surface area contributed by atoms with E-state index in [2.05, 4.69) is 39.6 Å². The van der Waals surface area contributed by atoms with Gasteiger partial charge < -0.3 is 4.90 Å². The van der Waals surface area contributed by atoms with Crippen LogP contribution in [0.25, 0.3) is 0 Å². The van der Waals surface area contributed by atoms with E-state index >= 15 is 0 Å². The minimum atomic E-state index is 0.491. The van der Waals surface area contributed by atoms with Crippen molar-refractivity contribution in [1.82, 2.24) is 4.90 Å². The van der Waals surface area contributed by atoms with E-state index in [1.807, 2.05) is 13.8 Å². The fourth-order valence-electron chi connectivity index (χ4n) is 0.954. The summed E-state index contributed by atoms with van der Waals surface area (Å²) in [5.41, 5.74) is 0.491. The maximum absolute atomic E-state index is 2.36. The Hall–Kier alpha value is -0.0400. The molecule has 0 bridgehead atoms. The highest BCUT2D eigenvalue weighted by Gasteiger charge is 2.16. The third-order valence-electron chi connectivity index (χ3n) is 2.19. The minimum Gasteiger partial charge on any atom is -0.306 e. The maximum atomic E-state index is 2.36. The summed E-state index contributed by atoms with van der Waals surface area (Å²) in [5, 5.41) is 0. The molecule has 0 aromatic carbocycles. The molecule has 0 aromatic heterocycles. The van der Waals surface area contributed by atoms with Gasteiger partial charge in [-0.15, -0.1) is 0 Å². The van der Waals surface area contributed by atoms with E-state index in [4.69, 9.17) is 0 Å². The molecule has 0 unspecified atom stereocenters. The molecule has 0 rings (SSSR count). The Morgan fingerprint density at radius 1 is 1.08 bits per heavy atom. The molecule has 0 saturated heterocycles. The van der Waals surface area contributed by atoms with Crippen LogP contribution < -0.4 is 0 Å². The Kier molecular flexibility index (Phi) is 9.17. The van der Waals surface area contributed by atoms with E-state index in [1.165, 1.54) is 13.0 Å². The Labute approximate surface area is 79.2 Å². The summed E-state index contributed by atoms with van der Waals surface area (Å²) in [4.78, 5) is 2.36. The van der Waals surface area contributed by atoms with E-state index in [0.29, 0.717) is 5.41 Å². The Morgan fingerprint density at radius 2 is 1.50 bits per heavy atom. The van der Waals surface area contributed by atoms with Crippen molar-refractivity contribution < 1.29 is 0 Å². The standard InChI is InChI=1S/C9H21N.C2H6/c1-6-9(3,4)8-10(5)7-2;1-2/h6-8H2,1-5H3;1-2H3. The van der Waals surface area contributed by atoms with Gasteiger partial charge in [-0.25, -0.2) is 0 Å². The van der Waals surface area contributed by atoms with Crippen molar-refractivity contribution in [2.45, 2.75) is 48.0 Å². The number of hydrogen-bond acceptors (Lipinski definition) is 1. The molecule has 0 fully saturated rings. The molecule has 0 radical (unpaired) electrons. The Balaban J connectivity index is 0. The quantitative estimate of drug-likeness (QED) is 0.630. The molecule has 1 nitrogen and oxygen atoms in total. The summed E-state index contributed by atoms with van der Waals surface area (Å²) in [6, 6.07) is 0. The van der Waals surface area contributed by atoms with Gasteiger partial charge in [-0.1, -0.05) is 41.5 Å². The second-order valence-corrected chi connectivity index (χ2v) is 3.85. The highest BCUT2D eigenvalue weighted by atomic mass is 15.1. The number of nitrogens with zero attached hydrogens (tertiary/aromatic N) is 1. The molecule has 0 aliphatic heterocycles. The van der Waals surface area contributed by atoms with Gasteiger partial charge >= 0.3 is 0 Å². The lowest BCUT2D eigenvalue weighted by atomic mass is 9.90. The van der Waals surface area contributed by atoms with Crippen LogP contribution in [0.1, 0.15) is 48.0 Å². The Bertz CT molecular complexity index is 87.0. The summed E-state index contributed by atoms with van der Waals surface area (Å²) in [5.74, 6) is 0. The van der Waals surface area contributed by atoms with Gasteiger partial charge in [0.1, 0.15) is 0 Å². The van der Waals surface area contributed by atoms with Crippen LogP contribution >= 0.6 is 0 Å². The van der Waals surface area contributed by atoms with Crippen LogP contribution in [0.4, 0.5) is 0 Å².